The molecule has 2 aromatic rings. The van der Waals surface area contributed by atoms with Gasteiger partial charge in [-0.15, -0.1) is 0 Å². The van der Waals surface area contributed by atoms with Gasteiger partial charge in [-0.2, -0.15) is 0 Å². The van der Waals surface area contributed by atoms with Gasteiger partial charge in [0.2, 0.25) is 0 Å². The minimum atomic E-state index is -4.05. The van der Waals surface area contributed by atoms with Gasteiger partial charge in [-0.05, 0) is 42.5 Å². The standard InChI is InChI=1S/C16H15ClF2O3S/c1-10(9-20)16(14-8-12(18)4-7-15(14)19)23(21,22)13-5-2-11(17)3-6-13/h2-8,10,16,20H,9H2,1H3. The zero-order valence-corrected chi connectivity index (χ0v) is 13.8. The summed E-state index contributed by atoms with van der Waals surface area (Å²) in [6.45, 7) is 0.968. The van der Waals surface area contributed by atoms with Crippen molar-refractivity contribution in [1.82, 2.24) is 0 Å². The van der Waals surface area contributed by atoms with Crippen molar-refractivity contribution in [3.8, 4) is 0 Å². The topological polar surface area (TPSA) is 54.4 Å². The van der Waals surface area contributed by atoms with Gasteiger partial charge in [0.1, 0.15) is 11.6 Å². The fourth-order valence-electron chi connectivity index (χ4n) is 2.38. The van der Waals surface area contributed by atoms with E-state index in [9.17, 15) is 22.3 Å². The highest BCUT2D eigenvalue weighted by molar-refractivity contribution is 7.91. The van der Waals surface area contributed by atoms with E-state index in [1.807, 2.05) is 0 Å². The molecule has 0 aliphatic heterocycles. The monoisotopic (exact) mass is 360 g/mol. The third kappa shape index (κ3) is 3.71. The van der Waals surface area contributed by atoms with Crippen LogP contribution in [0, 0.1) is 17.6 Å². The highest BCUT2D eigenvalue weighted by Gasteiger charge is 2.35. The Morgan fingerprint density at radius 2 is 1.74 bits per heavy atom. The largest absolute Gasteiger partial charge is 0.396 e. The van der Waals surface area contributed by atoms with Crippen molar-refractivity contribution in [2.45, 2.75) is 17.1 Å². The lowest BCUT2D eigenvalue weighted by Crippen LogP contribution is -2.24. The lowest BCUT2D eigenvalue weighted by atomic mass is 10.0. The van der Waals surface area contributed by atoms with Crippen LogP contribution in [0.15, 0.2) is 47.4 Å². The normalized spacial score (nSPS) is 14.5. The van der Waals surface area contributed by atoms with Crippen LogP contribution in [-0.4, -0.2) is 20.1 Å². The van der Waals surface area contributed by atoms with Crippen LogP contribution in [0.25, 0.3) is 0 Å². The molecule has 0 aliphatic carbocycles. The number of aliphatic hydroxyl groups is 1. The molecule has 2 aromatic carbocycles. The summed E-state index contributed by atoms with van der Waals surface area (Å²) in [4.78, 5) is -0.0733. The van der Waals surface area contributed by atoms with Crippen LogP contribution in [-0.2, 0) is 9.84 Å². The maximum absolute atomic E-state index is 14.1. The first-order chi connectivity index (χ1) is 10.8. The van der Waals surface area contributed by atoms with E-state index in [0.717, 1.165) is 18.2 Å². The number of aliphatic hydroxyl groups excluding tert-OH is 1. The SMILES string of the molecule is CC(CO)C(c1cc(F)ccc1F)S(=O)(=O)c1ccc(Cl)cc1. The maximum atomic E-state index is 14.1. The molecule has 0 saturated heterocycles. The van der Waals surface area contributed by atoms with Gasteiger partial charge >= 0.3 is 0 Å². The quantitative estimate of drug-likeness (QED) is 0.883. The maximum Gasteiger partial charge on any atom is 0.185 e. The Bertz CT molecular complexity index is 791. The highest BCUT2D eigenvalue weighted by atomic mass is 35.5. The molecule has 124 valence electrons. The van der Waals surface area contributed by atoms with Crippen molar-refractivity contribution in [2.75, 3.05) is 6.61 Å². The van der Waals surface area contributed by atoms with E-state index in [4.69, 9.17) is 11.6 Å². The predicted molar refractivity (Wildman–Crippen MR) is 84.0 cm³/mol. The third-order valence-electron chi connectivity index (χ3n) is 3.55. The molecular weight excluding hydrogens is 346 g/mol. The second-order valence-corrected chi connectivity index (χ2v) is 7.75. The molecule has 0 bridgehead atoms. The first kappa shape index (κ1) is 17.8. The van der Waals surface area contributed by atoms with Crippen LogP contribution in [0.2, 0.25) is 5.02 Å². The van der Waals surface area contributed by atoms with Crippen molar-refractivity contribution >= 4 is 21.4 Å². The second-order valence-electron chi connectivity index (χ2n) is 5.25. The molecule has 0 fully saturated rings. The summed E-state index contributed by atoms with van der Waals surface area (Å²) in [5.74, 6) is -2.41. The summed E-state index contributed by atoms with van der Waals surface area (Å²) in [6, 6.07) is 8.03. The molecule has 0 spiro atoms. The van der Waals surface area contributed by atoms with Crippen LogP contribution in [0.3, 0.4) is 0 Å². The minimum absolute atomic E-state index is 0.0733. The summed E-state index contributed by atoms with van der Waals surface area (Å²) in [5.41, 5.74) is -0.304. The molecule has 0 aliphatic rings. The molecule has 2 rings (SSSR count). The zero-order chi connectivity index (χ0) is 17.2. The van der Waals surface area contributed by atoms with Crippen LogP contribution in [0.5, 0.6) is 0 Å². The smallest absolute Gasteiger partial charge is 0.185 e. The van der Waals surface area contributed by atoms with Gasteiger partial charge in [0.25, 0.3) is 0 Å². The molecule has 3 nitrogen and oxygen atoms in total. The van der Waals surface area contributed by atoms with Crippen molar-refractivity contribution < 1.29 is 22.3 Å². The summed E-state index contributed by atoms with van der Waals surface area (Å²) >= 11 is 5.75. The molecule has 0 heterocycles. The number of hydrogen-bond acceptors (Lipinski definition) is 3. The minimum Gasteiger partial charge on any atom is -0.396 e. The van der Waals surface area contributed by atoms with Crippen molar-refractivity contribution in [3.63, 3.8) is 0 Å². The molecule has 0 aromatic heterocycles. The number of halogens is 3. The number of sulfone groups is 1. The summed E-state index contributed by atoms with van der Waals surface area (Å²) < 4.78 is 53.3. The van der Waals surface area contributed by atoms with Crippen molar-refractivity contribution in [1.29, 1.82) is 0 Å². The fraction of sp³-hybridized carbons (Fsp3) is 0.250. The van der Waals surface area contributed by atoms with E-state index < -0.39 is 39.2 Å². The first-order valence-corrected chi connectivity index (χ1v) is 8.75. The molecule has 0 amide bonds. The highest BCUT2D eigenvalue weighted by Crippen LogP contribution is 2.37. The number of hydrogen-bond donors (Lipinski definition) is 1. The molecule has 0 radical (unpaired) electrons. The molecule has 7 heteroatoms. The van der Waals surface area contributed by atoms with E-state index in [2.05, 4.69) is 0 Å². The van der Waals surface area contributed by atoms with E-state index >= 15 is 0 Å². The Hall–Kier alpha value is -1.50. The van der Waals surface area contributed by atoms with Crippen molar-refractivity contribution in [2.24, 2.45) is 5.92 Å². The molecular formula is C16H15ClF2O3S. The Balaban J connectivity index is 2.63. The van der Waals surface area contributed by atoms with Crippen LogP contribution in [0.4, 0.5) is 8.78 Å². The number of rotatable bonds is 5. The summed E-state index contributed by atoms with van der Waals surface area (Å²) in [6.07, 6.45) is 0. The average molecular weight is 361 g/mol. The fourth-order valence-corrected chi connectivity index (χ4v) is 4.53. The van der Waals surface area contributed by atoms with E-state index in [-0.39, 0.29) is 10.5 Å². The Morgan fingerprint density at radius 3 is 2.30 bits per heavy atom. The van der Waals surface area contributed by atoms with Crippen LogP contribution < -0.4 is 0 Å². The Labute approximate surface area is 138 Å². The Morgan fingerprint density at radius 1 is 1.13 bits per heavy atom. The van der Waals surface area contributed by atoms with Gasteiger partial charge in [0.05, 0.1) is 10.1 Å². The van der Waals surface area contributed by atoms with Crippen LogP contribution in [0.1, 0.15) is 17.7 Å². The molecule has 23 heavy (non-hydrogen) atoms. The zero-order valence-electron chi connectivity index (χ0n) is 12.2. The molecule has 0 saturated carbocycles. The van der Waals surface area contributed by atoms with Gasteiger partial charge in [0.15, 0.2) is 9.84 Å². The predicted octanol–water partition coefficient (Wildman–Crippen LogP) is 3.76. The van der Waals surface area contributed by atoms with Gasteiger partial charge in [-0.25, -0.2) is 17.2 Å². The molecule has 2 unspecified atom stereocenters. The Kier molecular flexibility index (Phi) is 5.39. The summed E-state index contributed by atoms with van der Waals surface area (Å²) in [5, 5.41) is 8.32. The van der Waals surface area contributed by atoms with Crippen molar-refractivity contribution in [3.05, 3.63) is 64.7 Å². The van der Waals surface area contributed by atoms with Crippen LogP contribution >= 0.6 is 11.6 Å². The average Bonchev–Trinajstić information content (AvgIpc) is 2.51. The van der Waals surface area contributed by atoms with Gasteiger partial charge in [-0.1, -0.05) is 18.5 Å². The first-order valence-electron chi connectivity index (χ1n) is 6.82. The molecule has 1 N–H and O–H groups in total. The third-order valence-corrected chi connectivity index (χ3v) is 6.11. The number of benzene rings is 2. The van der Waals surface area contributed by atoms with E-state index in [1.165, 1.54) is 31.2 Å². The van der Waals surface area contributed by atoms with Gasteiger partial charge in [0, 0.05) is 23.1 Å². The van der Waals surface area contributed by atoms with E-state index in [0.29, 0.717) is 5.02 Å². The second kappa shape index (κ2) is 6.95. The van der Waals surface area contributed by atoms with Gasteiger partial charge < -0.3 is 5.11 Å². The molecule has 2 atom stereocenters. The van der Waals surface area contributed by atoms with Gasteiger partial charge in [-0.3, -0.25) is 0 Å². The lowest BCUT2D eigenvalue weighted by molar-refractivity contribution is 0.231. The lowest BCUT2D eigenvalue weighted by Gasteiger charge is -2.23. The summed E-state index contributed by atoms with van der Waals surface area (Å²) in [7, 11) is -4.05. The van der Waals surface area contributed by atoms with E-state index in [1.54, 1.807) is 0 Å².